The standard InChI is InChI=1S/C10H20N2O2/c1-3-11-10(13)7-14-9-5-4-6-12-8(9)2/h8-9,12H,3-7H2,1-2H3,(H,11,13). The zero-order valence-electron chi connectivity index (χ0n) is 9.01. The van der Waals surface area contributed by atoms with Crippen molar-refractivity contribution in [3.8, 4) is 0 Å². The number of hydrogen-bond donors (Lipinski definition) is 2. The summed E-state index contributed by atoms with van der Waals surface area (Å²) in [6, 6.07) is 0.359. The fourth-order valence-corrected chi connectivity index (χ4v) is 1.67. The first-order chi connectivity index (χ1) is 6.74. The molecule has 0 aromatic carbocycles. The maximum atomic E-state index is 11.1. The molecule has 82 valence electrons. The fraction of sp³-hybridized carbons (Fsp3) is 0.900. The van der Waals surface area contributed by atoms with E-state index in [0.717, 1.165) is 19.4 Å². The Balaban J connectivity index is 2.19. The number of hydrogen-bond acceptors (Lipinski definition) is 3. The van der Waals surface area contributed by atoms with Crippen LogP contribution in [0, 0.1) is 0 Å². The van der Waals surface area contributed by atoms with Gasteiger partial charge in [0, 0.05) is 12.6 Å². The van der Waals surface area contributed by atoms with Crippen LogP contribution in [-0.4, -0.2) is 37.7 Å². The van der Waals surface area contributed by atoms with Crippen LogP contribution in [0.4, 0.5) is 0 Å². The van der Waals surface area contributed by atoms with Gasteiger partial charge in [0.05, 0.1) is 6.10 Å². The lowest BCUT2D eigenvalue weighted by atomic mass is 10.0. The van der Waals surface area contributed by atoms with E-state index in [2.05, 4.69) is 17.6 Å². The second-order valence-corrected chi connectivity index (χ2v) is 3.69. The number of rotatable bonds is 4. The molecule has 2 atom stereocenters. The van der Waals surface area contributed by atoms with Crippen LogP contribution in [-0.2, 0) is 9.53 Å². The highest BCUT2D eigenvalue weighted by Gasteiger charge is 2.21. The molecule has 1 aliphatic heterocycles. The molecule has 0 bridgehead atoms. The monoisotopic (exact) mass is 200 g/mol. The predicted molar refractivity (Wildman–Crippen MR) is 55.1 cm³/mol. The summed E-state index contributed by atoms with van der Waals surface area (Å²) in [4.78, 5) is 11.1. The Bertz CT molecular complexity index is 185. The van der Waals surface area contributed by atoms with Crippen molar-refractivity contribution in [1.29, 1.82) is 0 Å². The molecule has 0 aliphatic carbocycles. The molecule has 4 heteroatoms. The minimum absolute atomic E-state index is 0.0229. The number of carbonyl (C=O) groups excluding carboxylic acids is 1. The minimum atomic E-state index is -0.0229. The summed E-state index contributed by atoms with van der Waals surface area (Å²) >= 11 is 0. The molecule has 1 fully saturated rings. The summed E-state index contributed by atoms with van der Waals surface area (Å²) in [5.74, 6) is -0.0229. The Morgan fingerprint density at radius 1 is 1.64 bits per heavy atom. The third-order valence-electron chi connectivity index (χ3n) is 2.49. The second-order valence-electron chi connectivity index (χ2n) is 3.69. The maximum absolute atomic E-state index is 11.1. The van der Waals surface area contributed by atoms with Crippen LogP contribution >= 0.6 is 0 Å². The van der Waals surface area contributed by atoms with Gasteiger partial charge in [0.2, 0.25) is 5.91 Å². The zero-order valence-corrected chi connectivity index (χ0v) is 9.01. The Labute approximate surface area is 85.4 Å². The molecule has 0 spiro atoms. The second kappa shape index (κ2) is 5.98. The normalized spacial score (nSPS) is 27.3. The van der Waals surface area contributed by atoms with Crippen molar-refractivity contribution < 1.29 is 9.53 Å². The zero-order chi connectivity index (χ0) is 10.4. The molecule has 4 nitrogen and oxygen atoms in total. The van der Waals surface area contributed by atoms with Crippen LogP contribution < -0.4 is 10.6 Å². The topological polar surface area (TPSA) is 50.4 Å². The first-order valence-corrected chi connectivity index (χ1v) is 5.35. The molecule has 0 aromatic heterocycles. The molecule has 0 aromatic rings. The van der Waals surface area contributed by atoms with Gasteiger partial charge in [0.25, 0.3) is 0 Å². The van der Waals surface area contributed by atoms with Crippen LogP contribution in [0.5, 0.6) is 0 Å². The number of ether oxygens (including phenoxy) is 1. The van der Waals surface area contributed by atoms with Gasteiger partial charge in [0.15, 0.2) is 0 Å². The lowest BCUT2D eigenvalue weighted by molar-refractivity contribution is -0.128. The summed E-state index contributed by atoms with van der Waals surface area (Å²) in [7, 11) is 0. The molecule has 2 N–H and O–H groups in total. The lowest BCUT2D eigenvalue weighted by Gasteiger charge is -2.29. The molecule has 1 amide bonds. The van der Waals surface area contributed by atoms with Gasteiger partial charge in [0.1, 0.15) is 6.61 Å². The molecule has 2 unspecified atom stereocenters. The number of likely N-dealkylation sites (N-methyl/N-ethyl adjacent to an activating group) is 1. The Morgan fingerprint density at radius 2 is 2.43 bits per heavy atom. The predicted octanol–water partition coefficient (Wildman–Crippen LogP) is 0.280. The number of nitrogens with one attached hydrogen (secondary N) is 2. The molecule has 14 heavy (non-hydrogen) atoms. The highest BCUT2D eigenvalue weighted by molar-refractivity contribution is 5.77. The fourth-order valence-electron chi connectivity index (χ4n) is 1.67. The summed E-state index contributed by atoms with van der Waals surface area (Å²) in [5, 5.41) is 6.05. The molecular formula is C10H20N2O2. The van der Waals surface area contributed by atoms with Crippen LogP contribution in [0.25, 0.3) is 0 Å². The maximum Gasteiger partial charge on any atom is 0.246 e. The summed E-state index contributed by atoms with van der Waals surface area (Å²) in [6.07, 6.45) is 2.36. The van der Waals surface area contributed by atoms with E-state index in [-0.39, 0.29) is 18.6 Å². The van der Waals surface area contributed by atoms with E-state index in [1.165, 1.54) is 0 Å². The minimum Gasteiger partial charge on any atom is -0.367 e. The van der Waals surface area contributed by atoms with Crippen molar-refractivity contribution in [2.45, 2.75) is 38.8 Å². The van der Waals surface area contributed by atoms with Gasteiger partial charge in [-0.3, -0.25) is 4.79 Å². The molecule has 1 rings (SSSR count). The summed E-state index contributed by atoms with van der Waals surface area (Å²) < 4.78 is 5.54. The van der Waals surface area contributed by atoms with Gasteiger partial charge in [-0.2, -0.15) is 0 Å². The van der Waals surface area contributed by atoms with Crippen LogP contribution in [0.2, 0.25) is 0 Å². The average molecular weight is 200 g/mol. The largest absolute Gasteiger partial charge is 0.367 e. The number of piperidine rings is 1. The van der Waals surface area contributed by atoms with Gasteiger partial charge in [-0.25, -0.2) is 0 Å². The highest BCUT2D eigenvalue weighted by Crippen LogP contribution is 2.11. The van der Waals surface area contributed by atoms with Gasteiger partial charge in [-0.15, -0.1) is 0 Å². The van der Waals surface area contributed by atoms with E-state index in [1.54, 1.807) is 0 Å². The van der Waals surface area contributed by atoms with Gasteiger partial charge >= 0.3 is 0 Å². The van der Waals surface area contributed by atoms with Crippen LogP contribution in [0.1, 0.15) is 26.7 Å². The first kappa shape index (κ1) is 11.5. The quantitative estimate of drug-likeness (QED) is 0.685. The highest BCUT2D eigenvalue weighted by atomic mass is 16.5. The van der Waals surface area contributed by atoms with Gasteiger partial charge < -0.3 is 15.4 Å². The summed E-state index contributed by atoms with van der Waals surface area (Å²) in [6.45, 7) is 5.91. The molecule has 0 radical (unpaired) electrons. The van der Waals surface area contributed by atoms with Crippen molar-refractivity contribution in [2.75, 3.05) is 19.7 Å². The molecular weight excluding hydrogens is 180 g/mol. The Kier molecular flexibility index (Phi) is 4.90. The van der Waals surface area contributed by atoms with Crippen LogP contribution in [0.15, 0.2) is 0 Å². The number of carbonyl (C=O) groups is 1. The van der Waals surface area contributed by atoms with E-state index >= 15 is 0 Å². The van der Waals surface area contributed by atoms with Gasteiger partial charge in [-0.05, 0) is 33.2 Å². The number of amides is 1. The SMILES string of the molecule is CCNC(=O)COC1CCCNC1C. The van der Waals surface area contributed by atoms with Crippen molar-refractivity contribution >= 4 is 5.91 Å². The lowest BCUT2D eigenvalue weighted by Crippen LogP contribution is -2.45. The van der Waals surface area contributed by atoms with E-state index < -0.39 is 0 Å². The molecule has 1 heterocycles. The van der Waals surface area contributed by atoms with Crippen molar-refractivity contribution in [1.82, 2.24) is 10.6 Å². The molecule has 0 saturated carbocycles. The summed E-state index contributed by atoms with van der Waals surface area (Å²) in [5.41, 5.74) is 0. The van der Waals surface area contributed by atoms with E-state index in [9.17, 15) is 4.79 Å². The van der Waals surface area contributed by atoms with Gasteiger partial charge in [-0.1, -0.05) is 0 Å². The van der Waals surface area contributed by atoms with Crippen LogP contribution in [0.3, 0.4) is 0 Å². The Hall–Kier alpha value is -0.610. The van der Waals surface area contributed by atoms with Crippen molar-refractivity contribution in [3.63, 3.8) is 0 Å². The van der Waals surface area contributed by atoms with E-state index in [4.69, 9.17) is 4.74 Å². The van der Waals surface area contributed by atoms with Crippen molar-refractivity contribution in [2.24, 2.45) is 0 Å². The first-order valence-electron chi connectivity index (χ1n) is 5.35. The molecule has 1 saturated heterocycles. The Morgan fingerprint density at radius 3 is 3.07 bits per heavy atom. The third kappa shape index (κ3) is 3.64. The van der Waals surface area contributed by atoms with E-state index in [0.29, 0.717) is 12.6 Å². The molecule has 1 aliphatic rings. The van der Waals surface area contributed by atoms with E-state index in [1.807, 2.05) is 6.92 Å². The smallest absolute Gasteiger partial charge is 0.246 e. The average Bonchev–Trinajstić information content (AvgIpc) is 2.17. The van der Waals surface area contributed by atoms with Crippen molar-refractivity contribution in [3.05, 3.63) is 0 Å². The third-order valence-corrected chi connectivity index (χ3v) is 2.49.